The standard InChI is InChI=1S/C31H42O5S/c1-20-6-9-25(10-7-20)37(33,34)36-24-14-16-30(4)23(18-24)8-11-26-28-13-12-27(21(2)19-35-22(3)32)31(28,5)17-15-29(26)30/h6-10,12,21,24,26,28-29H,11,13-19H2,1-5H3/t21-,24?,26+,28+,29+,30+,31-/m1/s1. The average Bonchev–Trinajstić information content (AvgIpc) is 3.20. The Kier molecular flexibility index (Phi) is 6.98. The van der Waals surface area contributed by atoms with Crippen molar-refractivity contribution in [3.63, 3.8) is 0 Å². The van der Waals surface area contributed by atoms with Crippen molar-refractivity contribution < 1.29 is 22.1 Å². The van der Waals surface area contributed by atoms with Crippen LogP contribution in [-0.4, -0.2) is 27.1 Å². The smallest absolute Gasteiger partial charge is 0.302 e. The Hall–Kier alpha value is -1.92. The number of allylic oxidation sites excluding steroid dienone is 2. The Labute approximate surface area is 222 Å². The molecule has 2 fully saturated rings. The summed E-state index contributed by atoms with van der Waals surface area (Å²) in [4.78, 5) is 11.6. The van der Waals surface area contributed by atoms with E-state index in [2.05, 4.69) is 32.9 Å². The number of benzene rings is 1. The number of esters is 1. The minimum absolute atomic E-state index is 0.115. The van der Waals surface area contributed by atoms with Gasteiger partial charge in [-0.3, -0.25) is 8.98 Å². The molecule has 0 aliphatic heterocycles. The summed E-state index contributed by atoms with van der Waals surface area (Å²) in [6.07, 6.45) is 11.6. The minimum Gasteiger partial charge on any atom is -0.465 e. The van der Waals surface area contributed by atoms with Gasteiger partial charge in [-0.05, 0) is 92.6 Å². The van der Waals surface area contributed by atoms with Gasteiger partial charge in [0.1, 0.15) is 0 Å². The molecule has 4 aliphatic rings. The van der Waals surface area contributed by atoms with Gasteiger partial charge in [0.15, 0.2) is 0 Å². The second-order valence-electron chi connectivity index (χ2n) is 12.5. The van der Waals surface area contributed by atoms with E-state index in [9.17, 15) is 13.2 Å². The predicted molar refractivity (Wildman–Crippen MR) is 144 cm³/mol. The Morgan fingerprint density at radius 2 is 1.73 bits per heavy atom. The normalized spacial score (nSPS) is 35.9. The topological polar surface area (TPSA) is 69.7 Å². The van der Waals surface area contributed by atoms with E-state index in [-0.39, 0.29) is 33.7 Å². The van der Waals surface area contributed by atoms with Gasteiger partial charge in [0.25, 0.3) is 10.1 Å². The summed E-state index contributed by atoms with van der Waals surface area (Å²) >= 11 is 0. The van der Waals surface area contributed by atoms with Crippen molar-refractivity contribution in [2.45, 2.75) is 90.6 Å². The molecule has 4 aliphatic carbocycles. The van der Waals surface area contributed by atoms with Crippen molar-refractivity contribution in [3.05, 3.63) is 53.1 Å². The quantitative estimate of drug-likeness (QED) is 0.232. The van der Waals surface area contributed by atoms with Crippen molar-refractivity contribution >= 4 is 16.1 Å². The van der Waals surface area contributed by atoms with Gasteiger partial charge in [-0.1, -0.05) is 61.8 Å². The second kappa shape index (κ2) is 9.68. The Bertz CT molecular complexity index is 1210. The number of rotatable bonds is 6. The van der Waals surface area contributed by atoms with Crippen molar-refractivity contribution in [3.8, 4) is 0 Å². The number of ether oxygens (including phenoxy) is 1. The van der Waals surface area contributed by atoms with Gasteiger partial charge in [-0.2, -0.15) is 8.42 Å². The van der Waals surface area contributed by atoms with Gasteiger partial charge in [0.2, 0.25) is 0 Å². The van der Waals surface area contributed by atoms with Gasteiger partial charge in [0, 0.05) is 12.8 Å². The zero-order chi connectivity index (χ0) is 26.6. The molecule has 0 heterocycles. The summed E-state index contributed by atoms with van der Waals surface area (Å²) in [7, 11) is -3.77. The fourth-order valence-electron chi connectivity index (χ4n) is 8.35. The third-order valence-electron chi connectivity index (χ3n) is 10.3. The van der Waals surface area contributed by atoms with Gasteiger partial charge in [-0.25, -0.2) is 0 Å². The molecule has 2 saturated carbocycles. The van der Waals surface area contributed by atoms with Crippen LogP contribution in [0.2, 0.25) is 0 Å². The Morgan fingerprint density at radius 1 is 1.03 bits per heavy atom. The van der Waals surface area contributed by atoms with E-state index in [1.165, 1.54) is 30.9 Å². The first kappa shape index (κ1) is 26.7. The van der Waals surface area contributed by atoms with Crippen LogP contribution >= 0.6 is 0 Å². The van der Waals surface area contributed by atoms with E-state index < -0.39 is 10.1 Å². The molecule has 7 atom stereocenters. The lowest BCUT2D eigenvalue weighted by atomic mass is 9.47. The summed E-state index contributed by atoms with van der Waals surface area (Å²) in [5.41, 5.74) is 4.20. The lowest BCUT2D eigenvalue weighted by Gasteiger charge is -2.58. The molecule has 0 saturated heterocycles. The van der Waals surface area contributed by atoms with Crippen LogP contribution in [0.3, 0.4) is 0 Å². The van der Waals surface area contributed by atoms with E-state index in [1.54, 1.807) is 12.1 Å². The molecule has 0 radical (unpaired) electrons. The largest absolute Gasteiger partial charge is 0.465 e. The highest BCUT2D eigenvalue weighted by molar-refractivity contribution is 7.86. The van der Waals surface area contributed by atoms with Gasteiger partial charge < -0.3 is 4.74 Å². The van der Waals surface area contributed by atoms with Crippen LogP contribution in [-0.2, 0) is 23.8 Å². The fourth-order valence-corrected chi connectivity index (χ4v) is 9.45. The van der Waals surface area contributed by atoms with Crippen molar-refractivity contribution in [1.82, 2.24) is 0 Å². The van der Waals surface area contributed by atoms with Crippen molar-refractivity contribution in [2.75, 3.05) is 6.61 Å². The molecule has 0 amide bonds. The third kappa shape index (κ3) is 4.73. The number of carbonyl (C=O) groups excluding carboxylic acids is 1. The van der Waals surface area contributed by atoms with Crippen LogP contribution in [0.4, 0.5) is 0 Å². The predicted octanol–water partition coefficient (Wildman–Crippen LogP) is 6.77. The molecule has 0 aromatic heterocycles. The van der Waals surface area contributed by atoms with Crippen molar-refractivity contribution in [1.29, 1.82) is 0 Å². The first-order chi connectivity index (χ1) is 17.4. The maximum absolute atomic E-state index is 12.9. The van der Waals surface area contributed by atoms with Gasteiger partial charge in [-0.15, -0.1) is 0 Å². The first-order valence-electron chi connectivity index (χ1n) is 14.0. The molecule has 1 aromatic rings. The minimum atomic E-state index is -3.77. The molecular formula is C31H42O5S. The summed E-state index contributed by atoms with van der Waals surface area (Å²) in [5, 5.41) is 0. The molecule has 5 rings (SSSR count). The molecule has 0 N–H and O–H groups in total. The summed E-state index contributed by atoms with van der Waals surface area (Å²) in [6.45, 7) is 11.0. The van der Waals surface area contributed by atoms with E-state index >= 15 is 0 Å². The van der Waals surface area contributed by atoms with Gasteiger partial charge in [0.05, 0.1) is 17.6 Å². The highest BCUT2D eigenvalue weighted by atomic mass is 32.2. The monoisotopic (exact) mass is 526 g/mol. The molecular weight excluding hydrogens is 484 g/mol. The van der Waals surface area contributed by atoms with E-state index in [0.717, 1.165) is 31.2 Å². The first-order valence-corrected chi connectivity index (χ1v) is 15.4. The molecule has 1 aromatic carbocycles. The van der Waals surface area contributed by atoms with E-state index in [0.29, 0.717) is 30.8 Å². The maximum atomic E-state index is 12.9. The molecule has 0 bridgehead atoms. The van der Waals surface area contributed by atoms with Crippen LogP contribution in [0.25, 0.3) is 0 Å². The highest BCUT2D eigenvalue weighted by Crippen LogP contribution is 2.65. The molecule has 37 heavy (non-hydrogen) atoms. The van der Waals surface area contributed by atoms with E-state index in [4.69, 9.17) is 8.92 Å². The number of hydrogen-bond donors (Lipinski definition) is 0. The van der Waals surface area contributed by atoms with Gasteiger partial charge >= 0.3 is 5.97 Å². The number of carbonyl (C=O) groups is 1. The SMILES string of the molecule is CC(=O)OC[C@@H](C)C1=CC[C@H]2[C@@H]3CC=C4CC(OS(=O)(=O)c5ccc(C)cc5)CC[C@]4(C)[C@H]3CC[C@]12C. The lowest BCUT2D eigenvalue weighted by Crippen LogP contribution is -2.50. The van der Waals surface area contributed by atoms with Crippen LogP contribution < -0.4 is 0 Å². The summed E-state index contributed by atoms with van der Waals surface area (Å²) < 4.78 is 37.0. The lowest BCUT2D eigenvalue weighted by molar-refractivity contribution is -0.142. The zero-order valence-electron chi connectivity index (χ0n) is 23.0. The maximum Gasteiger partial charge on any atom is 0.302 e. The number of fused-ring (bicyclic) bond motifs is 5. The fraction of sp³-hybridized carbons (Fsp3) is 0.645. The van der Waals surface area contributed by atoms with Crippen molar-refractivity contribution in [2.24, 2.45) is 34.5 Å². The molecule has 1 unspecified atom stereocenters. The van der Waals surface area contributed by atoms with Crippen LogP contribution in [0.1, 0.15) is 78.2 Å². The number of aryl methyl sites for hydroxylation is 1. The van der Waals surface area contributed by atoms with E-state index in [1.807, 2.05) is 19.1 Å². The highest BCUT2D eigenvalue weighted by Gasteiger charge is 2.57. The molecule has 6 heteroatoms. The number of hydrogen-bond acceptors (Lipinski definition) is 5. The molecule has 5 nitrogen and oxygen atoms in total. The second-order valence-corrected chi connectivity index (χ2v) is 14.1. The third-order valence-corrected chi connectivity index (χ3v) is 11.7. The van der Waals surface area contributed by atoms with Crippen LogP contribution in [0, 0.1) is 41.4 Å². The molecule has 0 spiro atoms. The Morgan fingerprint density at radius 3 is 2.43 bits per heavy atom. The van der Waals surface area contributed by atoms with Crippen LogP contribution in [0.15, 0.2) is 52.5 Å². The summed E-state index contributed by atoms with van der Waals surface area (Å²) in [6, 6.07) is 6.90. The zero-order valence-corrected chi connectivity index (χ0v) is 23.8. The summed E-state index contributed by atoms with van der Waals surface area (Å²) in [5.74, 6) is 1.92. The van der Waals surface area contributed by atoms with Crippen LogP contribution in [0.5, 0.6) is 0 Å². The molecule has 202 valence electrons. The average molecular weight is 527 g/mol. The Balaban J connectivity index is 1.30.